The molecule has 4 nitrogen and oxygen atoms in total. The minimum Gasteiger partial charge on any atom is -0.342 e. The van der Waals surface area contributed by atoms with Gasteiger partial charge in [-0.05, 0) is 37.1 Å². The minimum absolute atomic E-state index is 0.0628. The summed E-state index contributed by atoms with van der Waals surface area (Å²) in [6.45, 7) is 0.975. The van der Waals surface area contributed by atoms with E-state index in [9.17, 15) is 14.0 Å². The fraction of sp³-hybridized carbons (Fsp3) is 0.316. The molecule has 1 fully saturated rings. The van der Waals surface area contributed by atoms with Gasteiger partial charge in [0.05, 0.1) is 6.42 Å². The number of benzene rings is 1. The van der Waals surface area contributed by atoms with Gasteiger partial charge in [0.2, 0.25) is 5.91 Å². The van der Waals surface area contributed by atoms with Gasteiger partial charge in [0.15, 0.2) is 5.78 Å². The molecule has 1 aliphatic heterocycles. The van der Waals surface area contributed by atoms with E-state index in [-0.39, 0.29) is 34.6 Å². The number of carbonyl (C=O) groups excluding carboxylic acids is 2. The lowest BCUT2D eigenvalue weighted by Gasteiger charge is -2.31. The molecule has 2 heterocycles. The van der Waals surface area contributed by atoms with E-state index in [1.165, 1.54) is 12.1 Å². The van der Waals surface area contributed by atoms with Gasteiger partial charge in [-0.1, -0.05) is 17.7 Å². The summed E-state index contributed by atoms with van der Waals surface area (Å²) in [6, 6.07) is 7.89. The Morgan fingerprint density at radius 2 is 1.96 bits per heavy atom. The number of Topliss-reactive ketones (excluding diaryl/α,β-unsaturated/α-hetero) is 1. The molecule has 0 aliphatic carbocycles. The van der Waals surface area contributed by atoms with Crippen molar-refractivity contribution >= 4 is 23.3 Å². The smallest absolute Gasteiger partial charge is 0.227 e. The van der Waals surface area contributed by atoms with Gasteiger partial charge in [0.1, 0.15) is 5.82 Å². The molecule has 0 radical (unpaired) electrons. The van der Waals surface area contributed by atoms with Crippen molar-refractivity contribution in [3.8, 4) is 0 Å². The van der Waals surface area contributed by atoms with Crippen molar-refractivity contribution in [1.29, 1.82) is 0 Å². The molecule has 1 aromatic carbocycles. The molecule has 0 N–H and O–H groups in total. The fourth-order valence-electron chi connectivity index (χ4n) is 3.10. The minimum atomic E-state index is -0.470. The van der Waals surface area contributed by atoms with Crippen molar-refractivity contribution in [3.05, 3.63) is 64.7 Å². The van der Waals surface area contributed by atoms with E-state index in [0.29, 0.717) is 31.5 Å². The lowest BCUT2D eigenvalue weighted by atomic mass is 9.89. The van der Waals surface area contributed by atoms with Crippen LogP contribution in [-0.4, -0.2) is 34.7 Å². The van der Waals surface area contributed by atoms with Gasteiger partial charge < -0.3 is 4.90 Å². The number of rotatable bonds is 4. The number of ketones is 1. The van der Waals surface area contributed by atoms with Crippen molar-refractivity contribution < 1.29 is 14.0 Å². The van der Waals surface area contributed by atoms with E-state index in [1.807, 2.05) is 0 Å². The average molecular weight is 361 g/mol. The normalized spacial score (nSPS) is 15.2. The highest BCUT2D eigenvalue weighted by molar-refractivity contribution is 6.31. The summed E-state index contributed by atoms with van der Waals surface area (Å²) in [7, 11) is 0. The second-order valence-electron chi connectivity index (χ2n) is 6.14. The number of nitrogens with zero attached hydrogens (tertiary/aromatic N) is 2. The summed E-state index contributed by atoms with van der Waals surface area (Å²) in [6.07, 6.45) is 4.34. The quantitative estimate of drug-likeness (QED) is 0.784. The first kappa shape index (κ1) is 17.5. The molecule has 2 aromatic rings. The Morgan fingerprint density at radius 1 is 1.20 bits per heavy atom. The van der Waals surface area contributed by atoms with Crippen LogP contribution in [0.4, 0.5) is 4.39 Å². The van der Waals surface area contributed by atoms with Crippen molar-refractivity contribution in [3.63, 3.8) is 0 Å². The predicted molar refractivity (Wildman–Crippen MR) is 93.0 cm³/mol. The van der Waals surface area contributed by atoms with E-state index in [2.05, 4.69) is 4.98 Å². The number of halogens is 2. The van der Waals surface area contributed by atoms with Crippen LogP contribution in [0.2, 0.25) is 5.02 Å². The molecule has 130 valence electrons. The van der Waals surface area contributed by atoms with E-state index >= 15 is 0 Å². The first-order valence-electron chi connectivity index (χ1n) is 8.21. The Labute approximate surface area is 150 Å². The van der Waals surface area contributed by atoms with Crippen LogP contribution in [0.25, 0.3) is 0 Å². The summed E-state index contributed by atoms with van der Waals surface area (Å²) in [4.78, 5) is 30.5. The van der Waals surface area contributed by atoms with Gasteiger partial charge in [-0.15, -0.1) is 0 Å². The molecular formula is C19H18ClFN2O2. The van der Waals surface area contributed by atoms with Crippen LogP contribution in [0, 0.1) is 11.7 Å². The van der Waals surface area contributed by atoms with Gasteiger partial charge in [-0.3, -0.25) is 14.6 Å². The number of amides is 1. The third-order valence-corrected chi connectivity index (χ3v) is 4.91. The van der Waals surface area contributed by atoms with Crippen molar-refractivity contribution in [2.24, 2.45) is 5.92 Å². The SMILES string of the molecule is O=C(c1cccnc1)C1CCN(C(=O)Cc2c(F)cccc2Cl)CC1. The van der Waals surface area contributed by atoms with Crippen molar-refractivity contribution in [1.82, 2.24) is 9.88 Å². The zero-order chi connectivity index (χ0) is 17.8. The first-order valence-corrected chi connectivity index (χ1v) is 8.59. The molecule has 1 amide bonds. The number of piperidine rings is 1. The maximum atomic E-state index is 13.8. The topological polar surface area (TPSA) is 50.3 Å². The summed E-state index contributed by atoms with van der Waals surface area (Å²) >= 11 is 5.98. The number of likely N-dealkylation sites (tertiary alicyclic amines) is 1. The van der Waals surface area contributed by atoms with Crippen LogP contribution in [0.15, 0.2) is 42.7 Å². The van der Waals surface area contributed by atoms with E-state index in [1.54, 1.807) is 35.5 Å². The zero-order valence-corrected chi connectivity index (χ0v) is 14.4. The molecule has 0 spiro atoms. The van der Waals surface area contributed by atoms with Gasteiger partial charge >= 0.3 is 0 Å². The van der Waals surface area contributed by atoms with Gasteiger partial charge in [0.25, 0.3) is 0 Å². The van der Waals surface area contributed by atoms with Crippen LogP contribution < -0.4 is 0 Å². The highest BCUT2D eigenvalue weighted by atomic mass is 35.5. The zero-order valence-electron chi connectivity index (χ0n) is 13.6. The largest absolute Gasteiger partial charge is 0.342 e. The second-order valence-corrected chi connectivity index (χ2v) is 6.55. The third kappa shape index (κ3) is 4.04. The number of carbonyl (C=O) groups is 2. The van der Waals surface area contributed by atoms with Crippen LogP contribution >= 0.6 is 11.6 Å². The standard InChI is InChI=1S/C19H18ClFN2O2/c20-16-4-1-5-17(21)15(16)11-18(24)23-9-6-13(7-10-23)19(25)14-3-2-8-22-12-14/h1-5,8,12-13H,6-7,9-11H2. The Hall–Kier alpha value is -2.27. The first-order chi connectivity index (χ1) is 12.1. The molecular weight excluding hydrogens is 343 g/mol. The number of pyridine rings is 1. The van der Waals surface area contributed by atoms with Gasteiger partial charge in [0, 0.05) is 47.6 Å². The summed E-state index contributed by atoms with van der Waals surface area (Å²) < 4.78 is 13.8. The van der Waals surface area contributed by atoms with Crippen LogP contribution in [-0.2, 0) is 11.2 Å². The lowest BCUT2D eigenvalue weighted by molar-refractivity contribution is -0.131. The van der Waals surface area contributed by atoms with Crippen LogP contribution in [0.3, 0.4) is 0 Å². The molecule has 0 unspecified atom stereocenters. The monoisotopic (exact) mass is 360 g/mol. The Morgan fingerprint density at radius 3 is 2.60 bits per heavy atom. The average Bonchev–Trinajstić information content (AvgIpc) is 2.65. The van der Waals surface area contributed by atoms with Crippen molar-refractivity contribution in [2.45, 2.75) is 19.3 Å². The maximum Gasteiger partial charge on any atom is 0.227 e. The Kier molecular flexibility index (Phi) is 5.43. The van der Waals surface area contributed by atoms with E-state index in [0.717, 1.165) is 0 Å². The summed E-state index contributed by atoms with van der Waals surface area (Å²) in [5, 5.41) is 0.259. The van der Waals surface area contributed by atoms with Gasteiger partial charge in [-0.2, -0.15) is 0 Å². The number of aromatic nitrogens is 1. The van der Waals surface area contributed by atoms with Gasteiger partial charge in [-0.25, -0.2) is 4.39 Å². The second kappa shape index (κ2) is 7.74. The summed E-state index contributed by atoms with van der Waals surface area (Å²) in [5.41, 5.74) is 0.827. The van der Waals surface area contributed by atoms with Crippen LogP contribution in [0.5, 0.6) is 0 Å². The molecule has 0 bridgehead atoms. The molecule has 0 saturated carbocycles. The lowest BCUT2D eigenvalue weighted by Crippen LogP contribution is -2.41. The molecule has 1 aliphatic rings. The Balaban J connectivity index is 1.59. The van der Waals surface area contributed by atoms with E-state index < -0.39 is 5.82 Å². The fourth-order valence-corrected chi connectivity index (χ4v) is 3.33. The Bertz CT molecular complexity index is 754. The highest BCUT2D eigenvalue weighted by Crippen LogP contribution is 2.24. The van der Waals surface area contributed by atoms with E-state index in [4.69, 9.17) is 11.6 Å². The van der Waals surface area contributed by atoms with Crippen molar-refractivity contribution in [2.75, 3.05) is 13.1 Å². The molecule has 25 heavy (non-hydrogen) atoms. The predicted octanol–water partition coefficient (Wildman–Crippen LogP) is 3.54. The molecule has 1 aromatic heterocycles. The maximum absolute atomic E-state index is 13.8. The molecule has 0 atom stereocenters. The number of hydrogen-bond donors (Lipinski definition) is 0. The molecule has 6 heteroatoms. The molecule has 3 rings (SSSR count). The molecule has 1 saturated heterocycles. The highest BCUT2D eigenvalue weighted by Gasteiger charge is 2.28. The summed E-state index contributed by atoms with van der Waals surface area (Å²) in [5.74, 6) is -0.676. The number of hydrogen-bond acceptors (Lipinski definition) is 3. The third-order valence-electron chi connectivity index (χ3n) is 4.55. The van der Waals surface area contributed by atoms with Crippen LogP contribution in [0.1, 0.15) is 28.8 Å².